The first-order valence-corrected chi connectivity index (χ1v) is 4.58. The van der Waals surface area contributed by atoms with Crippen LogP contribution in [0.4, 0.5) is 4.39 Å². The van der Waals surface area contributed by atoms with Crippen LogP contribution in [0.25, 0.3) is 5.76 Å². The van der Waals surface area contributed by atoms with Gasteiger partial charge in [0.1, 0.15) is 5.76 Å². The molecule has 1 aliphatic carbocycles. The molecule has 3 heteroatoms. The average Bonchev–Trinajstić information content (AvgIpc) is 2.06. The minimum Gasteiger partial charge on any atom is -0.507 e. The second-order valence-corrected chi connectivity index (χ2v) is 3.47. The number of aromatic hydroxyl groups is 1. The molecule has 1 saturated carbocycles. The number of hydrogen-bond donors (Lipinski definition) is 2. The van der Waals surface area contributed by atoms with E-state index in [2.05, 4.69) is 0 Å². The van der Waals surface area contributed by atoms with Gasteiger partial charge in [0.25, 0.3) is 0 Å². The first kappa shape index (κ1) is 9.06. The van der Waals surface area contributed by atoms with E-state index < -0.39 is 11.6 Å². The highest BCUT2D eigenvalue weighted by Gasteiger charge is 2.16. The first-order chi connectivity index (χ1) is 6.68. The molecule has 1 aromatic carbocycles. The molecule has 1 aliphatic rings. The van der Waals surface area contributed by atoms with Crippen LogP contribution >= 0.6 is 0 Å². The Bertz CT molecular complexity index is 390. The number of phenols is 1. The fraction of sp³-hybridized carbons (Fsp3) is 0.273. The number of aliphatic hydroxyl groups excluding tert-OH is 1. The minimum atomic E-state index is -0.667. The van der Waals surface area contributed by atoms with Crippen molar-refractivity contribution in [3.05, 3.63) is 35.2 Å². The Morgan fingerprint density at radius 2 is 2.00 bits per heavy atom. The summed E-state index contributed by atoms with van der Waals surface area (Å²) in [5, 5.41) is 18.8. The van der Waals surface area contributed by atoms with E-state index in [0.717, 1.165) is 30.9 Å². The van der Waals surface area contributed by atoms with Crippen LogP contribution in [0.1, 0.15) is 24.8 Å². The Balaban J connectivity index is 2.37. The van der Waals surface area contributed by atoms with Crippen LogP contribution in [0.2, 0.25) is 0 Å². The predicted octanol–water partition coefficient (Wildman–Crippen LogP) is 2.98. The molecule has 2 nitrogen and oxygen atoms in total. The summed E-state index contributed by atoms with van der Waals surface area (Å²) < 4.78 is 12.7. The summed E-state index contributed by atoms with van der Waals surface area (Å²) in [4.78, 5) is 0. The molecule has 0 aliphatic heterocycles. The van der Waals surface area contributed by atoms with Gasteiger partial charge in [0, 0.05) is 5.56 Å². The summed E-state index contributed by atoms with van der Waals surface area (Å²) in [6.07, 6.45) is 2.88. The van der Waals surface area contributed by atoms with Gasteiger partial charge in [-0.1, -0.05) is 0 Å². The molecule has 0 amide bonds. The van der Waals surface area contributed by atoms with E-state index in [1.165, 1.54) is 12.1 Å². The third-order valence-corrected chi connectivity index (χ3v) is 2.51. The SMILES string of the molecule is OC(=C1CCC1)c1ccc(F)c(O)c1. The Morgan fingerprint density at radius 1 is 1.29 bits per heavy atom. The van der Waals surface area contributed by atoms with E-state index in [4.69, 9.17) is 5.11 Å². The van der Waals surface area contributed by atoms with Crippen LogP contribution in [-0.2, 0) is 0 Å². The van der Waals surface area contributed by atoms with Gasteiger partial charge in [0.05, 0.1) is 0 Å². The maximum atomic E-state index is 12.7. The topological polar surface area (TPSA) is 40.5 Å². The summed E-state index contributed by atoms with van der Waals surface area (Å²) in [5.41, 5.74) is 1.47. The van der Waals surface area contributed by atoms with Gasteiger partial charge >= 0.3 is 0 Å². The van der Waals surface area contributed by atoms with Crippen LogP contribution < -0.4 is 0 Å². The van der Waals surface area contributed by atoms with Crippen molar-refractivity contribution in [2.75, 3.05) is 0 Å². The van der Waals surface area contributed by atoms with Crippen LogP contribution in [0.3, 0.4) is 0 Å². The van der Waals surface area contributed by atoms with Gasteiger partial charge in [0.15, 0.2) is 11.6 Å². The molecular formula is C11H11FO2. The van der Waals surface area contributed by atoms with Gasteiger partial charge in [-0.25, -0.2) is 4.39 Å². The van der Waals surface area contributed by atoms with E-state index in [9.17, 15) is 9.50 Å². The van der Waals surface area contributed by atoms with Gasteiger partial charge in [-0.3, -0.25) is 0 Å². The summed E-state index contributed by atoms with van der Waals surface area (Å²) >= 11 is 0. The number of rotatable bonds is 1. The maximum absolute atomic E-state index is 12.7. The Kier molecular flexibility index (Phi) is 2.15. The van der Waals surface area contributed by atoms with Crippen molar-refractivity contribution in [1.29, 1.82) is 0 Å². The zero-order valence-corrected chi connectivity index (χ0v) is 7.63. The van der Waals surface area contributed by atoms with Crippen molar-refractivity contribution >= 4 is 5.76 Å². The molecule has 0 heterocycles. The van der Waals surface area contributed by atoms with Crippen molar-refractivity contribution in [3.63, 3.8) is 0 Å². The average molecular weight is 194 g/mol. The quantitative estimate of drug-likeness (QED) is 0.674. The summed E-state index contributed by atoms with van der Waals surface area (Å²) in [7, 11) is 0. The molecule has 0 radical (unpaired) electrons. The highest BCUT2D eigenvalue weighted by atomic mass is 19.1. The number of phenolic OH excluding ortho intramolecular Hbond substituents is 1. The van der Waals surface area contributed by atoms with Crippen LogP contribution in [-0.4, -0.2) is 10.2 Å². The zero-order valence-electron chi connectivity index (χ0n) is 7.63. The molecule has 1 aromatic rings. The second kappa shape index (κ2) is 3.33. The van der Waals surface area contributed by atoms with Crippen molar-refractivity contribution in [2.24, 2.45) is 0 Å². The van der Waals surface area contributed by atoms with Gasteiger partial charge in [-0.2, -0.15) is 0 Å². The molecule has 1 fully saturated rings. The van der Waals surface area contributed by atoms with Crippen molar-refractivity contribution in [3.8, 4) is 5.75 Å². The molecule has 0 spiro atoms. The highest BCUT2D eigenvalue weighted by Crippen LogP contribution is 2.33. The van der Waals surface area contributed by atoms with Crippen LogP contribution in [0.15, 0.2) is 23.8 Å². The molecule has 0 unspecified atom stereocenters. The molecule has 0 aromatic heterocycles. The molecule has 2 rings (SSSR count). The van der Waals surface area contributed by atoms with Crippen molar-refractivity contribution in [1.82, 2.24) is 0 Å². The van der Waals surface area contributed by atoms with Crippen LogP contribution in [0, 0.1) is 5.82 Å². The molecule has 0 atom stereocenters. The molecule has 0 saturated heterocycles. The summed E-state index contributed by atoms with van der Waals surface area (Å²) in [5.74, 6) is -0.902. The lowest BCUT2D eigenvalue weighted by molar-refractivity contribution is 0.430. The third kappa shape index (κ3) is 1.45. The Hall–Kier alpha value is -1.51. The van der Waals surface area contributed by atoms with Gasteiger partial charge in [0.2, 0.25) is 0 Å². The normalized spacial score (nSPS) is 15.1. The monoisotopic (exact) mass is 194 g/mol. The maximum Gasteiger partial charge on any atom is 0.164 e. The molecule has 0 bridgehead atoms. The second-order valence-electron chi connectivity index (χ2n) is 3.47. The van der Waals surface area contributed by atoms with E-state index >= 15 is 0 Å². The molecule has 14 heavy (non-hydrogen) atoms. The lowest BCUT2D eigenvalue weighted by atomic mass is 9.89. The van der Waals surface area contributed by atoms with E-state index in [1.54, 1.807) is 0 Å². The largest absolute Gasteiger partial charge is 0.507 e. The third-order valence-electron chi connectivity index (χ3n) is 2.51. The van der Waals surface area contributed by atoms with Crippen molar-refractivity contribution in [2.45, 2.75) is 19.3 Å². The highest BCUT2D eigenvalue weighted by molar-refractivity contribution is 5.64. The van der Waals surface area contributed by atoms with Gasteiger partial charge in [-0.05, 0) is 43.0 Å². The first-order valence-electron chi connectivity index (χ1n) is 4.58. The fourth-order valence-corrected chi connectivity index (χ4v) is 1.45. The summed E-state index contributed by atoms with van der Waals surface area (Å²) in [6.45, 7) is 0. The lowest BCUT2D eigenvalue weighted by Crippen LogP contribution is -2.01. The number of halogens is 1. The standard InChI is InChI=1S/C11H11FO2/c12-9-5-4-8(6-10(9)13)11(14)7-2-1-3-7/h4-6,13-14H,1-3H2. The van der Waals surface area contributed by atoms with E-state index in [1.807, 2.05) is 0 Å². The molecular weight excluding hydrogens is 183 g/mol. The van der Waals surface area contributed by atoms with E-state index in [-0.39, 0.29) is 5.76 Å². The molecule has 74 valence electrons. The number of hydrogen-bond acceptors (Lipinski definition) is 2. The smallest absolute Gasteiger partial charge is 0.164 e. The number of allylic oxidation sites excluding steroid dienone is 1. The fourth-order valence-electron chi connectivity index (χ4n) is 1.45. The minimum absolute atomic E-state index is 0.187. The summed E-state index contributed by atoms with van der Waals surface area (Å²) in [6, 6.07) is 3.87. The Morgan fingerprint density at radius 3 is 2.50 bits per heavy atom. The van der Waals surface area contributed by atoms with E-state index in [0.29, 0.717) is 5.56 Å². The number of benzene rings is 1. The molecule has 2 N–H and O–H groups in total. The van der Waals surface area contributed by atoms with Gasteiger partial charge < -0.3 is 10.2 Å². The lowest BCUT2D eigenvalue weighted by Gasteiger charge is -2.18. The predicted molar refractivity (Wildman–Crippen MR) is 51.5 cm³/mol. The zero-order chi connectivity index (χ0) is 10.1. The van der Waals surface area contributed by atoms with Crippen LogP contribution in [0.5, 0.6) is 5.75 Å². The number of aliphatic hydroxyl groups is 1. The Labute approximate surface area is 81.3 Å². The van der Waals surface area contributed by atoms with Crippen molar-refractivity contribution < 1.29 is 14.6 Å². The van der Waals surface area contributed by atoms with Gasteiger partial charge in [-0.15, -0.1) is 0 Å².